The fourth-order valence-corrected chi connectivity index (χ4v) is 2.15. The Morgan fingerprint density at radius 3 is 2.67 bits per heavy atom. The van der Waals surface area contributed by atoms with Gasteiger partial charge in [0.15, 0.2) is 0 Å². The maximum atomic E-state index is 10.4. The lowest BCUT2D eigenvalue weighted by molar-refractivity contribution is -0.400. The van der Waals surface area contributed by atoms with Gasteiger partial charge in [-0.3, -0.25) is 10.1 Å². The minimum Gasteiger partial charge on any atom is -0.488 e. The fourth-order valence-electron chi connectivity index (χ4n) is 1.69. The number of ether oxygens (including phenoxy) is 1. The molecule has 0 radical (unpaired) electrons. The van der Waals surface area contributed by atoms with Crippen molar-refractivity contribution in [2.75, 3.05) is 0 Å². The molecule has 0 amide bonds. The van der Waals surface area contributed by atoms with E-state index in [1.165, 1.54) is 6.08 Å². The zero-order valence-electron chi connectivity index (χ0n) is 10.8. The molecule has 0 fully saturated rings. The lowest BCUT2D eigenvalue weighted by Crippen LogP contribution is -1.98. The van der Waals surface area contributed by atoms with Gasteiger partial charge in [-0.05, 0) is 18.2 Å². The van der Waals surface area contributed by atoms with Crippen molar-refractivity contribution >= 4 is 29.3 Å². The standard InChI is InChI=1S/C15H11Cl2NO3/c16-13-6-5-12(14(17)9-13)10-21-15-4-2-1-3-11(15)7-8-18(19)20/h1-9H,10H2. The van der Waals surface area contributed by atoms with Crippen LogP contribution in [0.25, 0.3) is 6.08 Å². The van der Waals surface area contributed by atoms with Gasteiger partial charge >= 0.3 is 0 Å². The first kappa shape index (κ1) is 15.4. The molecule has 0 heterocycles. The smallest absolute Gasteiger partial charge is 0.235 e. The van der Waals surface area contributed by atoms with Crippen molar-refractivity contribution in [3.63, 3.8) is 0 Å². The van der Waals surface area contributed by atoms with Crippen LogP contribution in [0.3, 0.4) is 0 Å². The average Bonchev–Trinajstić information content (AvgIpc) is 2.45. The number of hydrogen-bond donors (Lipinski definition) is 0. The minimum absolute atomic E-state index is 0.249. The van der Waals surface area contributed by atoms with Crippen LogP contribution >= 0.6 is 23.2 Å². The van der Waals surface area contributed by atoms with Crippen LogP contribution < -0.4 is 4.74 Å². The predicted octanol–water partition coefficient (Wildman–Crippen LogP) is 4.82. The van der Waals surface area contributed by atoms with Crippen molar-refractivity contribution in [3.05, 3.63) is 80.0 Å². The second-order valence-corrected chi connectivity index (χ2v) is 5.01. The molecule has 0 unspecified atom stereocenters. The summed E-state index contributed by atoms with van der Waals surface area (Å²) in [6.45, 7) is 0.249. The van der Waals surface area contributed by atoms with Gasteiger partial charge in [0.05, 0.1) is 4.92 Å². The molecule has 0 aromatic heterocycles. The molecular formula is C15H11Cl2NO3. The molecule has 21 heavy (non-hydrogen) atoms. The molecule has 0 saturated carbocycles. The summed E-state index contributed by atoms with van der Waals surface area (Å²) in [4.78, 5) is 9.87. The summed E-state index contributed by atoms with van der Waals surface area (Å²) in [5.41, 5.74) is 1.41. The number of nitro groups is 1. The fraction of sp³-hybridized carbons (Fsp3) is 0.0667. The number of para-hydroxylation sites is 1. The second kappa shape index (κ2) is 7.11. The molecule has 2 rings (SSSR count). The normalized spacial score (nSPS) is 10.8. The molecule has 0 aliphatic carbocycles. The van der Waals surface area contributed by atoms with Gasteiger partial charge in [0.25, 0.3) is 0 Å². The number of halogens is 2. The maximum Gasteiger partial charge on any atom is 0.235 e. The van der Waals surface area contributed by atoms with E-state index in [1.807, 2.05) is 0 Å². The zero-order chi connectivity index (χ0) is 15.2. The van der Waals surface area contributed by atoms with E-state index >= 15 is 0 Å². The Kier molecular flexibility index (Phi) is 5.20. The van der Waals surface area contributed by atoms with Crippen molar-refractivity contribution in [2.24, 2.45) is 0 Å². The van der Waals surface area contributed by atoms with Crippen LogP contribution in [0.2, 0.25) is 10.0 Å². The summed E-state index contributed by atoms with van der Waals surface area (Å²) in [7, 11) is 0. The highest BCUT2D eigenvalue weighted by atomic mass is 35.5. The van der Waals surface area contributed by atoms with Gasteiger partial charge in [-0.1, -0.05) is 47.5 Å². The van der Waals surface area contributed by atoms with Crippen LogP contribution in [-0.2, 0) is 6.61 Å². The molecule has 4 nitrogen and oxygen atoms in total. The van der Waals surface area contributed by atoms with Gasteiger partial charge < -0.3 is 4.74 Å². The number of nitrogens with zero attached hydrogens (tertiary/aromatic N) is 1. The average molecular weight is 324 g/mol. The number of hydrogen-bond acceptors (Lipinski definition) is 3. The summed E-state index contributed by atoms with van der Waals surface area (Å²) >= 11 is 11.9. The molecular weight excluding hydrogens is 313 g/mol. The summed E-state index contributed by atoms with van der Waals surface area (Å²) in [6.07, 6.45) is 2.26. The largest absolute Gasteiger partial charge is 0.488 e. The Morgan fingerprint density at radius 2 is 1.95 bits per heavy atom. The third kappa shape index (κ3) is 4.48. The third-order valence-electron chi connectivity index (χ3n) is 2.69. The topological polar surface area (TPSA) is 52.4 Å². The van der Waals surface area contributed by atoms with Gasteiger partial charge in [-0.2, -0.15) is 0 Å². The minimum atomic E-state index is -0.521. The first-order valence-corrected chi connectivity index (χ1v) is 6.79. The predicted molar refractivity (Wildman–Crippen MR) is 83.3 cm³/mol. The Balaban J connectivity index is 2.14. The summed E-state index contributed by atoms with van der Waals surface area (Å²) in [5, 5.41) is 11.5. The van der Waals surface area contributed by atoms with Crippen LogP contribution in [0.1, 0.15) is 11.1 Å². The second-order valence-electron chi connectivity index (χ2n) is 4.16. The van der Waals surface area contributed by atoms with Crippen molar-refractivity contribution < 1.29 is 9.66 Å². The van der Waals surface area contributed by atoms with Gasteiger partial charge in [-0.25, -0.2) is 0 Å². The molecule has 2 aromatic carbocycles. The highest BCUT2D eigenvalue weighted by Crippen LogP contribution is 2.25. The SMILES string of the molecule is O=[N+]([O-])C=Cc1ccccc1OCc1ccc(Cl)cc1Cl. The molecule has 6 heteroatoms. The Labute approximate surface area is 131 Å². The molecule has 0 spiro atoms. The van der Waals surface area contributed by atoms with Crippen LogP contribution in [0, 0.1) is 10.1 Å². The van der Waals surface area contributed by atoms with E-state index in [4.69, 9.17) is 27.9 Å². The molecule has 0 N–H and O–H groups in total. The van der Waals surface area contributed by atoms with E-state index in [0.717, 1.165) is 11.8 Å². The zero-order valence-corrected chi connectivity index (χ0v) is 12.3. The van der Waals surface area contributed by atoms with Crippen molar-refractivity contribution in [1.82, 2.24) is 0 Å². The van der Waals surface area contributed by atoms with Crippen molar-refractivity contribution in [1.29, 1.82) is 0 Å². The molecule has 0 atom stereocenters. The monoisotopic (exact) mass is 323 g/mol. The lowest BCUT2D eigenvalue weighted by Gasteiger charge is -2.10. The van der Waals surface area contributed by atoms with Crippen LogP contribution in [0.4, 0.5) is 0 Å². The van der Waals surface area contributed by atoms with Gasteiger partial charge in [-0.15, -0.1) is 0 Å². The Bertz CT molecular complexity index is 686. The van der Waals surface area contributed by atoms with Gasteiger partial charge in [0.1, 0.15) is 12.4 Å². The highest BCUT2D eigenvalue weighted by molar-refractivity contribution is 6.35. The molecule has 0 bridgehead atoms. The van der Waals surface area contributed by atoms with Gasteiger partial charge in [0, 0.05) is 27.2 Å². The van der Waals surface area contributed by atoms with Crippen LogP contribution in [0.5, 0.6) is 5.75 Å². The first-order chi connectivity index (χ1) is 10.1. The summed E-state index contributed by atoms with van der Waals surface area (Å²) in [5.74, 6) is 0.543. The number of benzene rings is 2. The Morgan fingerprint density at radius 1 is 1.19 bits per heavy atom. The van der Waals surface area contributed by atoms with E-state index in [-0.39, 0.29) is 6.61 Å². The summed E-state index contributed by atoms with van der Waals surface area (Å²) < 4.78 is 5.67. The highest BCUT2D eigenvalue weighted by Gasteiger charge is 2.05. The van der Waals surface area contributed by atoms with Crippen LogP contribution in [-0.4, -0.2) is 4.92 Å². The van der Waals surface area contributed by atoms with E-state index in [2.05, 4.69) is 0 Å². The van der Waals surface area contributed by atoms with E-state index < -0.39 is 4.92 Å². The van der Waals surface area contributed by atoms with Crippen molar-refractivity contribution in [2.45, 2.75) is 6.61 Å². The molecule has 0 aliphatic rings. The molecule has 0 saturated heterocycles. The van der Waals surface area contributed by atoms with Crippen LogP contribution in [0.15, 0.2) is 48.7 Å². The van der Waals surface area contributed by atoms with E-state index in [9.17, 15) is 10.1 Å². The molecule has 108 valence electrons. The third-order valence-corrected chi connectivity index (χ3v) is 3.28. The van der Waals surface area contributed by atoms with E-state index in [0.29, 0.717) is 21.4 Å². The maximum absolute atomic E-state index is 10.4. The first-order valence-electron chi connectivity index (χ1n) is 6.04. The lowest BCUT2D eigenvalue weighted by atomic mass is 10.2. The Hall–Kier alpha value is -2.04. The van der Waals surface area contributed by atoms with Crippen molar-refractivity contribution in [3.8, 4) is 5.75 Å². The molecule has 0 aliphatic heterocycles. The van der Waals surface area contributed by atoms with E-state index in [1.54, 1.807) is 42.5 Å². The molecule has 2 aromatic rings. The summed E-state index contributed by atoms with van der Waals surface area (Å²) in [6, 6.07) is 12.2. The van der Waals surface area contributed by atoms with Gasteiger partial charge in [0.2, 0.25) is 6.20 Å². The quantitative estimate of drug-likeness (QED) is 0.585. The number of rotatable bonds is 5.